The number of nitrogens with zero attached hydrogens (tertiary/aromatic N) is 2. The number of amides is 4. The molecule has 218 valence electrons. The molecule has 7 rings (SSSR count). The van der Waals surface area contributed by atoms with Crippen LogP contribution in [0.2, 0.25) is 0 Å². The van der Waals surface area contributed by atoms with Crippen LogP contribution in [0.3, 0.4) is 0 Å². The standard InChI is InChI=1S/C34H36N2O6/c1-34-26(31(39)36(33(34)41)20-11-7-4-8-12-20)18-25-22(29(34)23-14-13-21(42-2)17-27(23)37)15-16-24-28(25)32(40)35(30(24)38)19-9-5-3-6-10-19/h4,7-8,11-15,17,19,24-26,28-29,37H,3,5-6,9-10,16,18H2,1-2H3. The predicted molar refractivity (Wildman–Crippen MR) is 154 cm³/mol. The highest BCUT2D eigenvalue weighted by atomic mass is 16.5. The Hall–Kier alpha value is -3.94. The van der Waals surface area contributed by atoms with Crippen molar-refractivity contribution in [2.45, 2.75) is 63.8 Å². The predicted octanol–water partition coefficient (Wildman–Crippen LogP) is 4.96. The van der Waals surface area contributed by atoms with Crippen LogP contribution in [0.25, 0.3) is 0 Å². The van der Waals surface area contributed by atoms with Crippen LogP contribution < -0.4 is 9.64 Å². The van der Waals surface area contributed by atoms with Crippen molar-refractivity contribution in [2.75, 3.05) is 12.0 Å². The van der Waals surface area contributed by atoms with Crippen molar-refractivity contribution in [3.05, 3.63) is 65.7 Å². The maximum absolute atomic E-state index is 14.4. The lowest BCUT2D eigenvalue weighted by atomic mass is 9.51. The number of anilines is 1. The number of hydrogen-bond donors (Lipinski definition) is 1. The molecule has 6 atom stereocenters. The van der Waals surface area contributed by atoms with E-state index >= 15 is 0 Å². The van der Waals surface area contributed by atoms with E-state index in [4.69, 9.17) is 4.74 Å². The average Bonchev–Trinajstić information content (AvgIpc) is 3.37. The number of benzene rings is 2. The van der Waals surface area contributed by atoms with E-state index in [9.17, 15) is 24.3 Å². The summed E-state index contributed by atoms with van der Waals surface area (Å²) in [4.78, 5) is 59.3. The van der Waals surface area contributed by atoms with Gasteiger partial charge in [0.1, 0.15) is 11.5 Å². The molecule has 2 saturated carbocycles. The molecule has 2 aliphatic heterocycles. The lowest BCUT2D eigenvalue weighted by Gasteiger charge is -2.49. The first-order chi connectivity index (χ1) is 20.3. The van der Waals surface area contributed by atoms with E-state index in [1.165, 1.54) is 18.1 Å². The van der Waals surface area contributed by atoms with Crippen molar-refractivity contribution in [1.29, 1.82) is 0 Å². The van der Waals surface area contributed by atoms with Gasteiger partial charge in [-0.3, -0.25) is 24.1 Å². The number of carbonyl (C=O) groups excluding carboxylic acids is 4. The molecule has 0 spiro atoms. The van der Waals surface area contributed by atoms with Crippen LogP contribution in [0.1, 0.15) is 63.4 Å². The van der Waals surface area contributed by atoms with E-state index in [0.29, 0.717) is 29.8 Å². The van der Waals surface area contributed by atoms with Crippen molar-refractivity contribution in [3.8, 4) is 11.5 Å². The van der Waals surface area contributed by atoms with Gasteiger partial charge in [-0.25, -0.2) is 4.90 Å². The Morgan fingerprint density at radius 1 is 0.905 bits per heavy atom. The van der Waals surface area contributed by atoms with Crippen molar-refractivity contribution < 1.29 is 29.0 Å². The first-order valence-corrected chi connectivity index (χ1v) is 15.1. The third kappa shape index (κ3) is 3.66. The largest absolute Gasteiger partial charge is 0.508 e. The number of allylic oxidation sites excluding steroid dienone is 2. The number of methoxy groups -OCH3 is 1. The van der Waals surface area contributed by atoms with Gasteiger partial charge in [0.2, 0.25) is 23.6 Å². The Bertz CT molecular complexity index is 1510. The summed E-state index contributed by atoms with van der Waals surface area (Å²) in [6.45, 7) is 1.83. The van der Waals surface area contributed by atoms with Crippen LogP contribution in [-0.4, -0.2) is 46.8 Å². The Balaban J connectivity index is 1.36. The number of aromatic hydroxyl groups is 1. The fourth-order valence-electron chi connectivity index (χ4n) is 8.80. The molecule has 2 saturated heterocycles. The van der Waals surface area contributed by atoms with Crippen molar-refractivity contribution in [1.82, 2.24) is 4.90 Å². The number of rotatable bonds is 4. The van der Waals surface area contributed by atoms with E-state index in [1.54, 1.807) is 41.3 Å². The van der Waals surface area contributed by atoms with Crippen molar-refractivity contribution >= 4 is 29.3 Å². The Labute approximate surface area is 245 Å². The third-order valence-corrected chi connectivity index (χ3v) is 10.8. The van der Waals surface area contributed by atoms with Crippen LogP contribution in [0, 0.1) is 29.1 Å². The van der Waals surface area contributed by atoms with Gasteiger partial charge in [0.05, 0.1) is 36.0 Å². The van der Waals surface area contributed by atoms with E-state index in [2.05, 4.69) is 0 Å². The SMILES string of the molecule is COc1ccc(C2C3=CCC4C(=O)N(C5CCCCC5)C(=O)C4C3CC3C(=O)N(c4ccccc4)C(=O)C32C)c(O)c1. The Morgan fingerprint density at radius 2 is 1.64 bits per heavy atom. The molecule has 4 amide bonds. The summed E-state index contributed by atoms with van der Waals surface area (Å²) < 4.78 is 5.33. The summed E-state index contributed by atoms with van der Waals surface area (Å²) in [6, 6.07) is 13.9. The van der Waals surface area contributed by atoms with E-state index < -0.39 is 29.1 Å². The van der Waals surface area contributed by atoms with Crippen LogP contribution >= 0.6 is 0 Å². The molecular formula is C34H36N2O6. The quantitative estimate of drug-likeness (QED) is 0.413. The number of hydrogen-bond acceptors (Lipinski definition) is 6. The zero-order chi connectivity index (χ0) is 29.3. The van der Waals surface area contributed by atoms with Crippen LogP contribution in [0.5, 0.6) is 11.5 Å². The summed E-state index contributed by atoms with van der Waals surface area (Å²) in [7, 11) is 1.52. The fraction of sp³-hybridized carbons (Fsp3) is 0.471. The maximum atomic E-state index is 14.4. The van der Waals surface area contributed by atoms with Gasteiger partial charge in [-0.2, -0.15) is 0 Å². The normalized spacial score (nSPS) is 32.9. The number of carbonyl (C=O) groups is 4. The molecule has 2 aromatic rings. The molecule has 1 N–H and O–H groups in total. The minimum atomic E-state index is -1.19. The van der Waals surface area contributed by atoms with E-state index in [1.807, 2.05) is 19.1 Å². The number of likely N-dealkylation sites (tertiary alicyclic amines) is 1. The molecule has 6 unspecified atom stereocenters. The third-order valence-electron chi connectivity index (χ3n) is 10.8. The summed E-state index contributed by atoms with van der Waals surface area (Å²) in [5.41, 5.74) is 0.710. The van der Waals surface area contributed by atoms with Gasteiger partial charge in [0, 0.05) is 23.6 Å². The summed E-state index contributed by atoms with van der Waals surface area (Å²) in [6.07, 6.45) is 7.55. The second-order valence-electron chi connectivity index (χ2n) is 12.8. The number of fused-ring (bicyclic) bond motifs is 4. The Kier molecular flexibility index (Phi) is 6.29. The summed E-state index contributed by atoms with van der Waals surface area (Å²) in [5.74, 6) is -3.17. The highest BCUT2D eigenvalue weighted by molar-refractivity contribution is 6.24. The highest BCUT2D eigenvalue weighted by Crippen LogP contribution is 2.64. The number of phenols is 1. The molecule has 0 radical (unpaired) electrons. The zero-order valence-electron chi connectivity index (χ0n) is 24.0. The smallest absolute Gasteiger partial charge is 0.241 e. The van der Waals surface area contributed by atoms with Crippen LogP contribution in [0.4, 0.5) is 5.69 Å². The monoisotopic (exact) mass is 568 g/mol. The number of imide groups is 2. The molecular weight excluding hydrogens is 532 g/mol. The molecule has 8 nitrogen and oxygen atoms in total. The van der Waals surface area contributed by atoms with Crippen LogP contribution in [-0.2, 0) is 19.2 Å². The molecule has 0 aromatic heterocycles. The number of ether oxygens (including phenoxy) is 1. The van der Waals surface area contributed by atoms with Gasteiger partial charge in [0.15, 0.2) is 0 Å². The van der Waals surface area contributed by atoms with E-state index in [0.717, 1.165) is 37.7 Å². The van der Waals surface area contributed by atoms with Gasteiger partial charge < -0.3 is 9.84 Å². The van der Waals surface area contributed by atoms with Gasteiger partial charge in [-0.05, 0) is 56.7 Å². The molecule has 3 aliphatic carbocycles. The first-order valence-electron chi connectivity index (χ1n) is 15.1. The molecule has 2 aromatic carbocycles. The average molecular weight is 569 g/mol. The highest BCUT2D eigenvalue weighted by Gasteiger charge is 2.68. The van der Waals surface area contributed by atoms with Crippen molar-refractivity contribution in [3.63, 3.8) is 0 Å². The summed E-state index contributed by atoms with van der Waals surface area (Å²) >= 11 is 0. The molecule has 8 heteroatoms. The molecule has 2 heterocycles. The molecule has 5 aliphatic rings. The van der Waals surface area contributed by atoms with Gasteiger partial charge >= 0.3 is 0 Å². The second kappa shape index (κ2) is 9.82. The van der Waals surface area contributed by atoms with Gasteiger partial charge in [0.25, 0.3) is 0 Å². The first kappa shape index (κ1) is 26.9. The maximum Gasteiger partial charge on any atom is 0.241 e. The fourth-order valence-corrected chi connectivity index (χ4v) is 8.80. The van der Waals surface area contributed by atoms with Gasteiger partial charge in [-0.15, -0.1) is 0 Å². The topological polar surface area (TPSA) is 104 Å². The second-order valence-corrected chi connectivity index (χ2v) is 12.8. The lowest BCUT2D eigenvalue weighted by molar-refractivity contribution is -0.144. The lowest BCUT2D eigenvalue weighted by Crippen LogP contribution is -2.49. The van der Waals surface area contributed by atoms with Crippen molar-refractivity contribution in [2.24, 2.45) is 29.1 Å². The minimum absolute atomic E-state index is 0.0286. The zero-order valence-corrected chi connectivity index (χ0v) is 24.0. The van der Waals surface area contributed by atoms with Gasteiger partial charge in [-0.1, -0.05) is 55.2 Å². The molecule has 4 fully saturated rings. The minimum Gasteiger partial charge on any atom is -0.508 e. The molecule has 42 heavy (non-hydrogen) atoms. The van der Waals surface area contributed by atoms with E-state index in [-0.39, 0.29) is 41.3 Å². The van der Waals surface area contributed by atoms with Crippen LogP contribution in [0.15, 0.2) is 60.2 Å². The number of para-hydroxylation sites is 1. The number of phenolic OH excluding ortho intramolecular Hbond substituents is 1. The molecule has 0 bridgehead atoms. The summed E-state index contributed by atoms with van der Waals surface area (Å²) in [5, 5.41) is 11.3. The Morgan fingerprint density at radius 3 is 2.33 bits per heavy atom.